The molecule has 2 heterocycles. The molecule has 2 aromatic rings. The Morgan fingerprint density at radius 2 is 2.16 bits per heavy atom. The number of nitrogens with one attached hydrogen (secondary N) is 1. The van der Waals surface area contributed by atoms with Crippen LogP contribution in [0.5, 0.6) is 5.75 Å². The van der Waals surface area contributed by atoms with Crippen molar-refractivity contribution in [2.75, 3.05) is 25.1 Å². The van der Waals surface area contributed by atoms with Crippen molar-refractivity contribution in [2.24, 2.45) is 7.05 Å². The monoisotopic (exact) mass is 343 g/mol. The number of aryl methyl sites for hydroxylation is 1. The van der Waals surface area contributed by atoms with Crippen LogP contribution < -0.4 is 15.0 Å². The van der Waals surface area contributed by atoms with E-state index in [1.54, 1.807) is 12.0 Å². The van der Waals surface area contributed by atoms with Crippen LogP contribution >= 0.6 is 0 Å². The van der Waals surface area contributed by atoms with E-state index in [1.807, 2.05) is 29.8 Å². The lowest BCUT2D eigenvalue weighted by Gasteiger charge is -2.18. The summed E-state index contributed by atoms with van der Waals surface area (Å²) in [6.07, 6.45) is 3.29. The molecule has 1 aliphatic heterocycles. The maximum atomic E-state index is 12.8. The third-order valence-electron chi connectivity index (χ3n) is 4.75. The number of amides is 2. The first-order valence-electron chi connectivity index (χ1n) is 8.83. The van der Waals surface area contributed by atoms with Crippen molar-refractivity contribution in [2.45, 2.75) is 32.6 Å². The number of ether oxygens (including phenoxy) is 1. The Morgan fingerprint density at radius 3 is 2.80 bits per heavy atom. The smallest absolute Gasteiger partial charge is 0.270 e. The molecule has 1 N–H and O–H groups in total. The molecule has 2 amide bonds. The van der Waals surface area contributed by atoms with E-state index >= 15 is 0 Å². The quantitative estimate of drug-likeness (QED) is 0.820. The van der Waals surface area contributed by atoms with Gasteiger partial charge in [-0.3, -0.25) is 9.59 Å². The Balaban J connectivity index is 2.14. The third-order valence-corrected chi connectivity index (χ3v) is 4.75. The molecule has 134 valence electrons. The largest absolute Gasteiger partial charge is 0.497 e. The summed E-state index contributed by atoms with van der Waals surface area (Å²) in [5, 5.41) is 3.85. The maximum absolute atomic E-state index is 12.8. The molecule has 1 fully saturated rings. The van der Waals surface area contributed by atoms with E-state index in [1.165, 1.54) is 0 Å². The van der Waals surface area contributed by atoms with Crippen molar-refractivity contribution in [1.82, 2.24) is 9.88 Å². The first-order chi connectivity index (χ1) is 12.1. The summed E-state index contributed by atoms with van der Waals surface area (Å²) in [5.41, 5.74) is 2.15. The zero-order valence-electron chi connectivity index (χ0n) is 15.1. The molecule has 1 aromatic heterocycles. The molecular formula is C19H25N3O3. The molecule has 0 unspecified atom stereocenters. The van der Waals surface area contributed by atoms with Gasteiger partial charge in [-0.25, -0.2) is 0 Å². The second-order valence-electron chi connectivity index (χ2n) is 6.40. The van der Waals surface area contributed by atoms with Crippen molar-refractivity contribution < 1.29 is 14.3 Å². The zero-order chi connectivity index (χ0) is 18.0. The molecule has 0 aliphatic carbocycles. The highest BCUT2D eigenvalue weighted by molar-refractivity contribution is 6.14. The van der Waals surface area contributed by atoms with Crippen molar-refractivity contribution in [1.29, 1.82) is 0 Å². The summed E-state index contributed by atoms with van der Waals surface area (Å²) in [6, 6.07) is 5.71. The van der Waals surface area contributed by atoms with Gasteiger partial charge in [0, 0.05) is 31.9 Å². The van der Waals surface area contributed by atoms with E-state index in [4.69, 9.17) is 4.74 Å². The summed E-state index contributed by atoms with van der Waals surface area (Å²) >= 11 is 0. The fourth-order valence-electron chi connectivity index (χ4n) is 3.41. The van der Waals surface area contributed by atoms with Crippen LogP contribution in [-0.4, -0.2) is 36.6 Å². The SMILES string of the molecule is CCCCNC(=O)c1c(N2CCCC2=O)c2cc(OC)ccc2n1C. The molecule has 0 radical (unpaired) electrons. The molecule has 1 saturated heterocycles. The van der Waals surface area contributed by atoms with E-state index in [0.29, 0.717) is 36.6 Å². The van der Waals surface area contributed by atoms with Gasteiger partial charge in [-0.2, -0.15) is 0 Å². The number of methoxy groups -OCH3 is 1. The predicted molar refractivity (Wildman–Crippen MR) is 98.3 cm³/mol. The fraction of sp³-hybridized carbons (Fsp3) is 0.474. The number of anilines is 1. The van der Waals surface area contributed by atoms with Gasteiger partial charge in [-0.15, -0.1) is 0 Å². The minimum atomic E-state index is -0.138. The second-order valence-corrected chi connectivity index (χ2v) is 6.40. The van der Waals surface area contributed by atoms with Gasteiger partial charge in [-0.05, 0) is 31.0 Å². The van der Waals surface area contributed by atoms with Crippen LogP contribution in [0.3, 0.4) is 0 Å². The number of unbranched alkanes of at least 4 members (excludes halogenated alkanes) is 1. The number of nitrogens with zero attached hydrogens (tertiary/aromatic N) is 2. The van der Waals surface area contributed by atoms with Crippen molar-refractivity contribution in [3.63, 3.8) is 0 Å². The van der Waals surface area contributed by atoms with Gasteiger partial charge in [0.1, 0.15) is 11.4 Å². The van der Waals surface area contributed by atoms with Crippen molar-refractivity contribution >= 4 is 28.4 Å². The lowest BCUT2D eigenvalue weighted by molar-refractivity contribution is -0.117. The molecule has 0 spiro atoms. The molecule has 0 saturated carbocycles. The molecule has 25 heavy (non-hydrogen) atoms. The van der Waals surface area contributed by atoms with Gasteiger partial charge in [0.15, 0.2) is 0 Å². The number of carbonyl (C=O) groups excluding carboxylic acids is 2. The highest BCUT2D eigenvalue weighted by atomic mass is 16.5. The average molecular weight is 343 g/mol. The second kappa shape index (κ2) is 7.17. The highest BCUT2D eigenvalue weighted by Crippen LogP contribution is 2.37. The topological polar surface area (TPSA) is 63.6 Å². The van der Waals surface area contributed by atoms with Crippen LogP contribution in [0.4, 0.5) is 5.69 Å². The number of fused-ring (bicyclic) bond motifs is 1. The van der Waals surface area contributed by atoms with Crippen molar-refractivity contribution in [3.8, 4) is 5.75 Å². The van der Waals surface area contributed by atoms with E-state index < -0.39 is 0 Å². The predicted octanol–water partition coefficient (Wildman–Crippen LogP) is 2.84. The number of benzene rings is 1. The standard InChI is InChI=1S/C19H25N3O3/c1-4-5-10-20-19(24)18-17(22-11-6-7-16(22)23)14-12-13(25-3)8-9-15(14)21(18)2/h8-9,12H,4-7,10-11H2,1-3H3,(H,20,24). The van der Waals surface area contributed by atoms with Gasteiger partial charge >= 0.3 is 0 Å². The molecule has 0 bridgehead atoms. The first-order valence-corrected chi connectivity index (χ1v) is 8.83. The average Bonchev–Trinajstić information content (AvgIpc) is 3.15. The summed E-state index contributed by atoms with van der Waals surface area (Å²) in [7, 11) is 3.48. The lowest BCUT2D eigenvalue weighted by atomic mass is 10.2. The Kier molecular flexibility index (Phi) is 4.97. The Bertz CT molecular complexity index is 810. The fourth-order valence-corrected chi connectivity index (χ4v) is 3.41. The molecule has 1 aliphatic rings. The summed E-state index contributed by atoms with van der Waals surface area (Å²) < 4.78 is 7.21. The van der Waals surface area contributed by atoms with Crippen LogP contribution in [0, 0.1) is 0 Å². The molecule has 0 atom stereocenters. The number of aromatic nitrogens is 1. The minimum Gasteiger partial charge on any atom is -0.497 e. The number of hydrogen-bond acceptors (Lipinski definition) is 3. The lowest BCUT2D eigenvalue weighted by Crippen LogP contribution is -2.31. The molecular weight excluding hydrogens is 318 g/mol. The van der Waals surface area contributed by atoms with Crippen LogP contribution in [-0.2, 0) is 11.8 Å². The number of hydrogen-bond donors (Lipinski definition) is 1. The normalized spacial score (nSPS) is 14.4. The Hall–Kier alpha value is -2.50. The summed E-state index contributed by atoms with van der Waals surface area (Å²) in [6.45, 7) is 3.36. The van der Waals surface area contributed by atoms with Gasteiger partial charge in [0.2, 0.25) is 5.91 Å². The highest BCUT2D eigenvalue weighted by Gasteiger charge is 2.31. The first kappa shape index (κ1) is 17.3. The van der Waals surface area contributed by atoms with Gasteiger partial charge < -0.3 is 19.5 Å². The van der Waals surface area contributed by atoms with Crippen LogP contribution in [0.2, 0.25) is 0 Å². The van der Waals surface area contributed by atoms with E-state index in [-0.39, 0.29) is 11.8 Å². The number of carbonyl (C=O) groups is 2. The molecule has 6 nitrogen and oxygen atoms in total. The minimum absolute atomic E-state index is 0.0675. The summed E-state index contributed by atoms with van der Waals surface area (Å²) in [5.74, 6) is 0.641. The van der Waals surface area contributed by atoms with Crippen LogP contribution in [0.15, 0.2) is 18.2 Å². The maximum Gasteiger partial charge on any atom is 0.270 e. The molecule has 3 rings (SSSR count). The zero-order valence-corrected chi connectivity index (χ0v) is 15.1. The van der Waals surface area contributed by atoms with Crippen LogP contribution in [0.1, 0.15) is 43.1 Å². The van der Waals surface area contributed by atoms with Gasteiger partial charge in [0.05, 0.1) is 18.3 Å². The molecule has 1 aromatic carbocycles. The van der Waals surface area contributed by atoms with Gasteiger partial charge in [0.25, 0.3) is 5.91 Å². The summed E-state index contributed by atoms with van der Waals surface area (Å²) in [4.78, 5) is 27.0. The van der Waals surface area contributed by atoms with E-state index in [2.05, 4.69) is 12.2 Å². The number of rotatable bonds is 6. The third kappa shape index (κ3) is 3.08. The van der Waals surface area contributed by atoms with Crippen molar-refractivity contribution in [3.05, 3.63) is 23.9 Å². The Labute approximate surface area is 147 Å². The van der Waals surface area contributed by atoms with E-state index in [9.17, 15) is 9.59 Å². The van der Waals surface area contributed by atoms with E-state index in [0.717, 1.165) is 30.2 Å². The van der Waals surface area contributed by atoms with Gasteiger partial charge in [-0.1, -0.05) is 13.3 Å². The van der Waals surface area contributed by atoms with Crippen LogP contribution in [0.25, 0.3) is 10.9 Å². The Morgan fingerprint density at radius 1 is 1.36 bits per heavy atom. The molecule has 6 heteroatoms.